The molecule has 1 amide bonds. The molecule has 0 bridgehead atoms. The van der Waals surface area contributed by atoms with Gasteiger partial charge in [-0.2, -0.15) is 0 Å². The monoisotopic (exact) mass is 332 g/mol. The second-order valence-electron chi connectivity index (χ2n) is 5.77. The number of carbonyl (C=O) groups excluding carboxylic acids is 1. The van der Waals surface area contributed by atoms with Crippen molar-refractivity contribution in [2.24, 2.45) is 0 Å². The molecule has 2 aromatic rings. The van der Waals surface area contributed by atoms with Gasteiger partial charge in [0.15, 0.2) is 0 Å². The summed E-state index contributed by atoms with van der Waals surface area (Å²) in [6.45, 7) is 4.38. The molecule has 0 N–H and O–H groups in total. The summed E-state index contributed by atoms with van der Waals surface area (Å²) < 4.78 is 2.20. The van der Waals surface area contributed by atoms with Crippen molar-refractivity contribution in [3.63, 3.8) is 0 Å². The number of amides is 1. The van der Waals surface area contributed by atoms with Crippen molar-refractivity contribution in [1.29, 1.82) is 0 Å². The molecule has 0 aliphatic rings. The SMILES string of the molecule is CCCCCN(Cc1cccn1Cc1ccccc1)C(=O)CCl. The molecule has 0 radical (unpaired) electrons. The predicted molar refractivity (Wildman–Crippen MR) is 95.6 cm³/mol. The summed E-state index contributed by atoms with van der Waals surface area (Å²) in [7, 11) is 0. The fourth-order valence-electron chi connectivity index (χ4n) is 2.65. The normalized spacial score (nSPS) is 10.7. The van der Waals surface area contributed by atoms with Crippen LogP contribution >= 0.6 is 11.6 Å². The molecule has 124 valence electrons. The van der Waals surface area contributed by atoms with E-state index < -0.39 is 0 Å². The van der Waals surface area contributed by atoms with Gasteiger partial charge in [0.05, 0.1) is 6.54 Å². The predicted octanol–water partition coefficient (Wildman–Crippen LogP) is 4.29. The highest BCUT2D eigenvalue weighted by Gasteiger charge is 2.14. The van der Waals surface area contributed by atoms with E-state index in [1.165, 1.54) is 5.56 Å². The van der Waals surface area contributed by atoms with Gasteiger partial charge < -0.3 is 9.47 Å². The van der Waals surface area contributed by atoms with Gasteiger partial charge in [-0.3, -0.25) is 4.79 Å². The van der Waals surface area contributed by atoms with E-state index in [-0.39, 0.29) is 11.8 Å². The molecule has 0 saturated carbocycles. The lowest BCUT2D eigenvalue weighted by Gasteiger charge is -2.23. The van der Waals surface area contributed by atoms with Crippen molar-refractivity contribution in [3.05, 3.63) is 59.9 Å². The Kier molecular flexibility index (Phi) is 7.21. The highest BCUT2D eigenvalue weighted by Crippen LogP contribution is 2.12. The van der Waals surface area contributed by atoms with E-state index in [2.05, 4.69) is 35.9 Å². The minimum atomic E-state index is 0.00947. The number of aromatic nitrogens is 1. The molecule has 23 heavy (non-hydrogen) atoms. The molecular formula is C19H25ClN2O. The zero-order valence-corrected chi connectivity index (χ0v) is 14.5. The van der Waals surface area contributed by atoms with Crippen LogP contribution in [0.15, 0.2) is 48.7 Å². The van der Waals surface area contributed by atoms with Gasteiger partial charge in [0.2, 0.25) is 5.91 Å². The van der Waals surface area contributed by atoms with Crippen LogP contribution in [0, 0.1) is 0 Å². The zero-order valence-electron chi connectivity index (χ0n) is 13.7. The molecule has 1 heterocycles. The van der Waals surface area contributed by atoms with Crippen LogP contribution in [-0.2, 0) is 17.9 Å². The fraction of sp³-hybridized carbons (Fsp3) is 0.421. The maximum atomic E-state index is 12.1. The van der Waals surface area contributed by atoms with Crippen molar-refractivity contribution in [2.45, 2.75) is 39.3 Å². The fourth-order valence-corrected chi connectivity index (χ4v) is 2.82. The van der Waals surface area contributed by atoms with Crippen LogP contribution < -0.4 is 0 Å². The Morgan fingerprint density at radius 3 is 2.61 bits per heavy atom. The van der Waals surface area contributed by atoms with Crippen molar-refractivity contribution < 1.29 is 4.79 Å². The minimum Gasteiger partial charge on any atom is -0.345 e. The number of halogens is 1. The van der Waals surface area contributed by atoms with Gasteiger partial charge in [-0.1, -0.05) is 50.1 Å². The van der Waals surface area contributed by atoms with E-state index in [1.54, 1.807) is 0 Å². The number of rotatable bonds is 9. The first-order chi connectivity index (χ1) is 11.2. The van der Waals surface area contributed by atoms with Crippen LogP contribution in [0.25, 0.3) is 0 Å². The molecule has 0 spiro atoms. The van der Waals surface area contributed by atoms with Crippen LogP contribution in [0.5, 0.6) is 0 Å². The highest BCUT2D eigenvalue weighted by atomic mass is 35.5. The molecule has 1 aromatic carbocycles. The summed E-state index contributed by atoms with van der Waals surface area (Å²) in [5, 5.41) is 0. The number of unbranched alkanes of at least 4 members (excludes halogenated alkanes) is 2. The van der Waals surface area contributed by atoms with Crippen molar-refractivity contribution in [1.82, 2.24) is 9.47 Å². The zero-order chi connectivity index (χ0) is 16.5. The molecule has 2 rings (SSSR count). The smallest absolute Gasteiger partial charge is 0.237 e. The lowest BCUT2D eigenvalue weighted by Crippen LogP contribution is -2.33. The van der Waals surface area contributed by atoms with Gasteiger partial charge in [-0.05, 0) is 24.1 Å². The molecule has 0 unspecified atom stereocenters. The Labute approximate surface area is 143 Å². The van der Waals surface area contributed by atoms with Crippen LogP contribution in [0.4, 0.5) is 0 Å². The first kappa shape index (κ1) is 17.6. The lowest BCUT2D eigenvalue weighted by atomic mass is 10.2. The number of benzene rings is 1. The third-order valence-corrected chi connectivity index (χ3v) is 4.20. The summed E-state index contributed by atoms with van der Waals surface area (Å²) in [5.41, 5.74) is 2.40. The van der Waals surface area contributed by atoms with E-state index in [4.69, 9.17) is 11.6 Å². The molecule has 3 nitrogen and oxygen atoms in total. The molecule has 1 aromatic heterocycles. The standard InChI is InChI=1S/C19H25ClN2O/c1-2-3-7-12-22(19(23)14-20)16-18-11-8-13-21(18)15-17-9-5-4-6-10-17/h4-6,8-11,13H,2-3,7,12,14-16H2,1H3. The van der Waals surface area contributed by atoms with E-state index in [0.717, 1.165) is 38.0 Å². The minimum absolute atomic E-state index is 0.00947. The Bertz CT molecular complexity index is 594. The number of nitrogens with zero attached hydrogens (tertiary/aromatic N) is 2. The van der Waals surface area contributed by atoms with Crippen molar-refractivity contribution >= 4 is 17.5 Å². The average Bonchev–Trinajstić information content (AvgIpc) is 3.01. The molecule has 0 aliphatic heterocycles. The third kappa shape index (κ3) is 5.43. The average molecular weight is 333 g/mol. The van der Waals surface area contributed by atoms with Crippen molar-refractivity contribution in [3.8, 4) is 0 Å². The van der Waals surface area contributed by atoms with Gasteiger partial charge in [0.1, 0.15) is 5.88 Å². The number of carbonyl (C=O) groups is 1. The number of hydrogen-bond donors (Lipinski definition) is 0. The summed E-state index contributed by atoms with van der Waals surface area (Å²) in [6.07, 6.45) is 5.38. The summed E-state index contributed by atoms with van der Waals surface area (Å²) in [5.74, 6) is 0.0566. The van der Waals surface area contributed by atoms with E-state index in [0.29, 0.717) is 6.54 Å². The number of alkyl halides is 1. The Morgan fingerprint density at radius 1 is 1.13 bits per heavy atom. The van der Waals surface area contributed by atoms with Gasteiger partial charge in [-0.15, -0.1) is 11.6 Å². The summed E-state index contributed by atoms with van der Waals surface area (Å²) in [6, 6.07) is 14.5. The number of hydrogen-bond acceptors (Lipinski definition) is 1. The molecule has 0 aliphatic carbocycles. The Balaban J connectivity index is 2.05. The van der Waals surface area contributed by atoms with Gasteiger partial charge >= 0.3 is 0 Å². The maximum absolute atomic E-state index is 12.1. The lowest BCUT2D eigenvalue weighted by molar-refractivity contribution is -0.129. The second-order valence-corrected chi connectivity index (χ2v) is 6.04. The van der Waals surface area contributed by atoms with Crippen LogP contribution in [0.3, 0.4) is 0 Å². The molecule has 0 atom stereocenters. The molecule has 0 fully saturated rings. The van der Waals surface area contributed by atoms with Crippen LogP contribution in [0.1, 0.15) is 37.4 Å². The van der Waals surface area contributed by atoms with E-state index >= 15 is 0 Å². The Morgan fingerprint density at radius 2 is 1.91 bits per heavy atom. The summed E-state index contributed by atoms with van der Waals surface area (Å²) in [4.78, 5) is 14.0. The first-order valence-corrected chi connectivity index (χ1v) is 8.79. The van der Waals surface area contributed by atoms with Crippen molar-refractivity contribution in [2.75, 3.05) is 12.4 Å². The van der Waals surface area contributed by atoms with Gasteiger partial charge in [-0.25, -0.2) is 0 Å². The van der Waals surface area contributed by atoms with Gasteiger partial charge in [0, 0.05) is 25.0 Å². The van der Waals surface area contributed by atoms with Crippen LogP contribution in [-0.4, -0.2) is 27.8 Å². The molecular weight excluding hydrogens is 308 g/mol. The van der Waals surface area contributed by atoms with E-state index in [1.807, 2.05) is 29.2 Å². The van der Waals surface area contributed by atoms with Crippen LogP contribution in [0.2, 0.25) is 0 Å². The second kappa shape index (κ2) is 9.41. The topological polar surface area (TPSA) is 25.2 Å². The highest BCUT2D eigenvalue weighted by molar-refractivity contribution is 6.27. The van der Waals surface area contributed by atoms with Gasteiger partial charge in [0.25, 0.3) is 0 Å². The first-order valence-electron chi connectivity index (χ1n) is 8.26. The third-order valence-electron chi connectivity index (χ3n) is 3.97. The Hall–Kier alpha value is -1.74. The summed E-state index contributed by atoms with van der Waals surface area (Å²) >= 11 is 5.77. The van der Waals surface area contributed by atoms with E-state index in [9.17, 15) is 4.79 Å². The molecule has 4 heteroatoms. The molecule has 0 saturated heterocycles. The maximum Gasteiger partial charge on any atom is 0.237 e. The largest absolute Gasteiger partial charge is 0.345 e. The quantitative estimate of drug-likeness (QED) is 0.496.